The third-order valence-corrected chi connectivity index (χ3v) is 3.81. The molecule has 0 amide bonds. The van der Waals surface area contributed by atoms with Crippen LogP contribution in [-0.2, 0) is 5.60 Å². The summed E-state index contributed by atoms with van der Waals surface area (Å²) in [7, 11) is 2.42. The summed E-state index contributed by atoms with van der Waals surface area (Å²) in [5.74, 6) is -5.55. The quantitative estimate of drug-likeness (QED) is 0.813. The number of para-hydroxylation sites is 1. The number of halogens is 5. The Morgan fingerprint density at radius 3 is 1.84 bits per heavy atom. The average Bonchev–Trinajstić information content (AvgIpc) is 2.60. The molecule has 0 fully saturated rings. The van der Waals surface area contributed by atoms with Crippen molar-refractivity contribution in [3.05, 3.63) is 59.7 Å². The highest BCUT2D eigenvalue weighted by atomic mass is 19.4. The number of ether oxygens (including phenoxy) is 2. The largest absolute Gasteiger partial charge is 0.497 e. The molecular formula is C17H15F5O3. The molecule has 2 rings (SSSR count). The molecule has 25 heavy (non-hydrogen) atoms. The standard InChI is InChI=1S/C17H15F5O3/c1-24-12-9-7-11(8-10-12)15(23,16(18,19)17(20,21)22)13-5-3-4-6-14(13)25-2/h3-10,23H,1-2H3. The molecule has 8 heteroatoms. The molecule has 0 aliphatic carbocycles. The maximum absolute atomic E-state index is 14.4. The molecule has 0 aromatic heterocycles. The summed E-state index contributed by atoms with van der Waals surface area (Å²) >= 11 is 0. The number of benzene rings is 2. The Morgan fingerprint density at radius 2 is 1.36 bits per heavy atom. The summed E-state index contributed by atoms with van der Waals surface area (Å²) in [6.07, 6.45) is -6.00. The normalized spacial score (nSPS) is 14.7. The van der Waals surface area contributed by atoms with Gasteiger partial charge in [0.1, 0.15) is 11.5 Å². The van der Waals surface area contributed by atoms with Crippen molar-refractivity contribution in [2.75, 3.05) is 14.2 Å². The monoisotopic (exact) mass is 362 g/mol. The lowest BCUT2D eigenvalue weighted by Crippen LogP contribution is -2.55. The van der Waals surface area contributed by atoms with Crippen LogP contribution < -0.4 is 9.47 Å². The number of alkyl halides is 5. The number of rotatable bonds is 5. The van der Waals surface area contributed by atoms with Crippen molar-refractivity contribution in [1.82, 2.24) is 0 Å². The third kappa shape index (κ3) is 3.02. The van der Waals surface area contributed by atoms with E-state index in [9.17, 15) is 27.1 Å². The first-order valence-electron chi connectivity index (χ1n) is 7.04. The van der Waals surface area contributed by atoms with Crippen LogP contribution in [0.3, 0.4) is 0 Å². The molecule has 2 aromatic carbocycles. The fraction of sp³-hybridized carbons (Fsp3) is 0.294. The van der Waals surface area contributed by atoms with E-state index in [-0.39, 0.29) is 11.5 Å². The van der Waals surface area contributed by atoms with Gasteiger partial charge in [-0.05, 0) is 23.8 Å². The molecule has 0 aliphatic rings. The van der Waals surface area contributed by atoms with Crippen molar-refractivity contribution in [2.24, 2.45) is 0 Å². The zero-order valence-corrected chi connectivity index (χ0v) is 13.3. The van der Waals surface area contributed by atoms with Crippen LogP contribution >= 0.6 is 0 Å². The fourth-order valence-electron chi connectivity index (χ4n) is 2.49. The highest BCUT2D eigenvalue weighted by Crippen LogP contribution is 2.53. The average molecular weight is 362 g/mol. The first kappa shape index (κ1) is 19.0. The molecule has 0 bridgehead atoms. The van der Waals surface area contributed by atoms with Gasteiger partial charge in [0.15, 0.2) is 5.60 Å². The molecule has 1 N–H and O–H groups in total. The Hall–Kier alpha value is -2.35. The Kier molecular flexibility index (Phi) is 4.94. The van der Waals surface area contributed by atoms with E-state index in [1.165, 1.54) is 37.4 Å². The molecule has 0 radical (unpaired) electrons. The predicted molar refractivity (Wildman–Crippen MR) is 80.0 cm³/mol. The zero-order valence-electron chi connectivity index (χ0n) is 13.3. The van der Waals surface area contributed by atoms with Gasteiger partial charge in [-0.1, -0.05) is 30.3 Å². The van der Waals surface area contributed by atoms with Crippen LogP contribution in [0, 0.1) is 0 Å². The lowest BCUT2D eigenvalue weighted by atomic mass is 9.80. The zero-order chi connectivity index (χ0) is 18.9. The van der Waals surface area contributed by atoms with Gasteiger partial charge in [-0.15, -0.1) is 0 Å². The number of aliphatic hydroxyl groups is 1. The summed E-state index contributed by atoms with van der Waals surface area (Å²) in [6.45, 7) is 0. The minimum Gasteiger partial charge on any atom is -0.497 e. The maximum Gasteiger partial charge on any atom is 0.457 e. The van der Waals surface area contributed by atoms with Crippen LogP contribution in [0.15, 0.2) is 48.5 Å². The predicted octanol–water partition coefficient (Wildman–Crippen LogP) is 4.14. The molecule has 1 unspecified atom stereocenters. The Labute approximate surface area is 140 Å². The van der Waals surface area contributed by atoms with Crippen LogP contribution in [0.25, 0.3) is 0 Å². The third-order valence-electron chi connectivity index (χ3n) is 3.81. The number of hydrogen-bond acceptors (Lipinski definition) is 3. The Balaban J connectivity index is 2.79. The van der Waals surface area contributed by atoms with Crippen molar-refractivity contribution < 1.29 is 36.5 Å². The van der Waals surface area contributed by atoms with Crippen molar-refractivity contribution in [1.29, 1.82) is 0 Å². The van der Waals surface area contributed by atoms with Crippen LogP contribution in [0.5, 0.6) is 11.5 Å². The van der Waals surface area contributed by atoms with E-state index in [0.717, 1.165) is 25.3 Å². The van der Waals surface area contributed by atoms with Gasteiger partial charge in [0.2, 0.25) is 0 Å². The van der Waals surface area contributed by atoms with Crippen molar-refractivity contribution in [3.8, 4) is 11.5 Å². The second-order valence-corrected chi connectivity index (χ2v) is 5.21. The van der Waals surface area contributed by atoms with E-state index < -0.39 is 28.8 Å². The fourth-order valence-corrected chi connectivity index (χ4v) is 2.49. The smallest absolute Gasteiger partial charge is 0.457 e. The van der Waals surface area contributed by atoms with Crippen molar-refractivity contribution >= 4 is 0 Å². The summed E-state index contributed by atoms with van der Waals surface area (Å²) in [5.41, 5.74) is -5.05. The lowest BCUT2D eigenvalue weighted by molar-refractivity contribution is -0.336. The van der Waals surface area contributed by atoms with E-state index in [1.54, 1.807) is 0 Å². The van der Waals surface area contributed by atoms with Crippen LogP contribution in [-0.4, -0.2) is 31.4 Å². The Morgan fingerprint density at radius 1 is 0.800 bits per heavy atom. The van der Waals surface area contributed by atoms with Gasteiger partial charge in [-0.25, -0.2) is 0 Å². The lowest BCUT2D eigenvalue weighted by Gasteiger charge is -2.38. The molecule has 0 heterocycles. The second-order valence-electron chi connectivity index (χ2n) is 5.21. The molecule has 0 spiro atoms. The first-order valence-corrected chi connectivity index (χ1v) is 7.04. The second kappa shape index (κ2) is 6.51. The summed E-state index contributed by atoms with van der Waals surface area (Å²) in [4.78, 5) is 0. The molecular weight excluding hydrogens is 347 g/mol. The van der Waals surface area contributed by atoms with E-state index in [0.29, 0.717) is 0 Å². The summed E-state index contributed by atoms with van der Waals surface area (Å²) in [5, 5.41) is 10.7. The molecule has 0 saturated heterocycles. The van der Waals surface area contributed by atoms with Crippen LogP contribution in [0.4, 0.5) is 22.0 Å². The van der Waals surface area contributed by atoms with Gasteiger partial charge >= 0.3 is 12.1 Å². The van der Waals surface area contributed by atoms with Crippen LogP contribution in [0.1, 0.15) is 11.1 Å². The van der Waals surface area contributed by atoms with Gasteiger partial charge in [-0.3, -0.25) is 0 Å². The van der Waals surface area contributed by atoms with Crippen molar-refractivity contribution in [3.63, 3.8) is 0 Å². The topological polar surface area (TPSA) is 38.7 Å². The minimum atomic E-state index is -6.00. The molecule has 3 nitrogen and oxygen atoms in total. The maximum atomic E-state index is 14.4. The van der Waals surface area contributed by atoms with E-state index in [2.05, 4.69) is 0 Å². The van der Waals surface area contributed by atoms with Gasteiger partial charge in [0.25, 0.3) is 0 Å². The minimum absolute atomic E-state index is 0.237. The highest BCUT2D eigenvalue weighted by Gasteiger charge is 2.71. The molecule has 1 atom stereocenters. The van der Waals surface area contributed by atoms with Gasteiger partial charge in [-0.2, -0.15) is 22.0 Å². The molecule has 136 valence electrons. The van der Waals surface area contributed by atoms with E-state index >= 15 is 0 Å². The van der Waals surface area contributed by atoms with Gasteiger partial charge in [0.05, 0.1) is 14.2 Å². The van der Waals surface area contributed by atoms with E-state index in [4.69, 9.17) is 9.47 Å². The van der Waals surface area contributed by atoms with Crippen LogP contribution in [0.2, 0.25) is 0 Å². The van der Waals surface area contributed by atoms with Crippen molar-refractivity contribution in [2.45, 2.75) is 17.7 Å². The van der Waals surface area contributed by atoms with Gasteiger partial charge in [0, 0.05) is 5.56 Å². The first-order chi connectivity index (χ1) is 11.6. The Bertz CT molecular complexity index is 728. The SMILES string of the molecule is COc1ccc(C(O)(c2ccccc2OC)C(F)(F)C(F)(F)F)cc1. The van der Waals surface area contributed by atoms with E-state index in [1.807, 2.05) is 0 Å². The molecule has 2 aromatic rings. The molecule has 0 saturated carbocycles. The summed E-state index contributed by atoms with van der Waals surface area (Å²) in [6, 6.07) is 9.04. The number of methoxy groups -OCH3 is 2. The molecule has 0 aliphatic heterocycles. The number of hydrogen-bond donors (Lipinski definition) is 1. The summed E-state index contributed by atoms with van der Waals surface area (Å²) < 4.78 is 77.8. The van der Waals surface area contributed by atoms with Gasteiger partial charge < -0.3 is 14.6 Å². The highest BCUT2D eigenvalue weighted by molar-refractivity contribution is 5.48.